The molecule has 0 saturated heterocycles. The van der Waals surface area contributed by atoms with E-state index < -0.39 is 0 Å². The van der Waals surface area contributed by atoms with E-state index in [1.54, 1.807) is 10.6 Å². The molecule has 0 saturated carbocycles. The molecule has 1 heterocycles. The maximum atomic E-state index is 13.0. The van der Waals surface area contributed by atoms with Gasteiger partial charge in [-0.25, -0.2) is 4.98 Å². The summed E-state index contributed by atoms with van der Waals surface area (Å²) in [6.45, 7) is 5.01. The molecule has 0 fully saturated rings. The number of aromatic nitrogens is 2. The van der Waals surface area contributed by atoms with Gasteiger partial charge in [-0.05, 0) is 50.6 Å². The Balaban J connectivity index is 1.76. The number of hydrogen-bond donors (Lipinski definition) is 1. The average molecular weight is 490 g/mol. The first-order valence-corrected chi connectivity index (χ1v) is 11.5. The number of nitrogens with one attached hydrogen (secondary N) is 1. The number of carbonyl (C=O) groups excluding carboxylic acids is 1. The second-order valence-corrected chi connectivity index (χ2v) is 8.85. The van der Waals surface area contributed by atoms with Gasteiger partial charge in [-0.1, -0.05) is 45.9 Å². The van der Waals surface area contributed by atoms with Crippen molar-refractivity contribution in [2.45, 2.75) is 38.1 Å². The first-order valence-electron chi connectivity index (χ1n) is 9.73. The van der Waals surface area contributed by atoms with Gasteiger partial charge >= 0.3 is 0 Å². The lowest BCUT2D eigenvalue weighted by molar-refractivity contribution is -0.113. The highest BCUT2D eigenvalue weighted by molar-refractivity contribution is 9.10. The largest absolute Gasteiger partial charge is 0.379 e. The Labute approximate surface area is 188 Å². The van der Waals surface area contributed by atoms with Crippen LogP contribution in [0.25, 0.3) is 10.9 Å². The summed E-state index contributed by atoms with van der Waals surface area (Å²) in [4.78, 5) is 30.1. The smallest absolute Gasteiger partial charge is 0.262 e. The fourth-order valence-corrected chi connectivity index (χ4v) is 4.11. The van der Waals surface area contributed by atoms with E-state index in [1.165, 1.54) is 11.8 Å². The third-order valence-electron chi connectivity index (χ3n) is 4.24. The van der Waals surface area contributed by atoms with E-state index in [0.717, 1.165) is 4.47 Å². The van der Waals surface area contributed by atoms with Gasteiger partial charge < -0.3 is 10.1 Å². The number of thioether (sulfide) groups is 1. The van der Waals surface area contributed by atoms with Crippen molar-refractivity contribution in [2.24, 2.45) is 0 Å². The Morgan fingerprint density at radius 1 is 1.23 bits per heavy atom. The van der Waals surface area contributed by atoms with Crippen LogP contribution in [0, 0.1) is 0 Å². The first-order chi connectivity index (χ1) is 14.4. The fourth-order valence-electron chi connectivity index (χ4n) is 2.89. The van der Waals surface area contributed by atoms with Gasteiger partial charge in [-0.3, -0.25) is 14.2 Å². The zero-order valence-corrected chi connectivity index (χ0v) is 19.3. The van der Waals surface area contributed by atoms with Crippen molar-refractivity contribution in [2.75, 3.05) is 17.7 Å². The van der Waals surface area contributed by atoms with Gasteiger partial charge in [0, 0.05) is 23.3 Å². The van der Waals surface area contributed by atoms with E-state index in [4.69, 9.17) is 4.74 Å². The van der Waals surface area contributed by atoms with Crippen LogP contribution in [0.1, 0.15) is 20.3 Å². The van der Waals surface area contributed by atoms with Crippen LogP contribution in [0.3, 0.4) is 0 Å². The van der Waals surface area contributed by atoms with Crippen LogP contribution >= 0.6 is 27.7 Å². The lowest BCUT2D eigenvalue weighted by Crippen LogP contribution is -2.25. The number of rotatable bonds is 9. The Kier molecular flexibility index (Phi) is 8.07. The van der Waals surface area contributed by atoms with Crippen LogP contribution < -0.4 is 10.9 Å². The number of amides is 1. The summed E-state index contributed by atoms with van der Waals surface area (Å²) in [5.74, 6) is -0.00466. The third kappa shape index (κ3) is 6.17. The van der Waals surface area contributed by atoms with Gasteiger partial charge in [0.1, 0.15) is 0 Å². The normalized spacial score (nSPS) is 11.2. The van der Waals surface area contributed by atoms with E-state index in [2.05, 4.69) is 26.2 Å². The van der Waals surface area contributed by atoms with Gasteiger partial charge in [0.25, 0.3) is 5.56 Å². The Hall–Kier alpha value is -2.16. The number of benzene rings is 2. The summed E-state index contributed by atoms with van der Waals surface area (Å²) in [7, 11) is 0. The molecule has 0 aliphatic rings. The summed E-state index contributed by atoms with van der Waals surface area (Å²) in [5, 5.41) is 3.97. The second kappa shape index (κ2) is 10.7. The zero-order valence-electron chi connectivity index (χ0n) is 16.9. The highest BCUT2D eigenvalue weighted by atomic mass is 79.9. The Morgan fingerprint density at radius 2 is 2.03 bits per heavy atom. The van der Waals surface area contributed by atoms with Crippen LogP contribution in [0.15, 0.2) is 63.0 Å². The molecule has 3 aromatic rings. The predicted octanol–water partition coefficient (Wildman–Crippen LogP) is 4.70. The number of carbonyl (C=O) groups is 1. The lowest BCUT2D eigenvalue weighted by Gasteiger charge is -2.14. The molecule has 6 nitrogen and oxygen atoms in total. The van der Waals surface area contributed by atoms with Crippen LogP contribution in [0.4, 0.5) is 5.69 Å². The van der Waals surface area contributed by atoms with Crippen LogP contribution in [-0.2, 0) is 16.1 Å². The Bertz CT molecular complexity index is 1080. The van der Waals surface area contributed by atoms with Crippen molar-refractivity contribution >= 4 is 50.2 Å². The predicted molar refractivity (Wildman–Crippen MR) is 125 cm³/mol. The molecule has 30 heavy (non-hydrogen) atoms. The molecule has 2 aromatic carbocycles. The number of anilines is 1. The van der Waals surface area contributed by atoms with E-state index in [0.29, 0.717) is 41.3 Å². The van der Waals surface area contributed by atoms with Crippen LogP contribution in [0.5, 0.6) is 0 Å². The molecule has 0 spiro atoms. The first kappa shape index (κ1) is 22.5. The van der Waals surface area contributed by atoms with Gasteiger partial charge in [-0.15, -0.1) is 0 Å². The van der Waals surface area contributed by atoms with Crippen molar-refractivity contribution in [3.05, 3.63) is 63.4 Å². The summed E-state index contributed by atoms with van der Waals surface area (Å²) < 4.78 is 8.13. The minimum Gasteiger partial charge on any atom is -0.379 e. The summed E-state index contributed by atoms with van der Waals surface area (Å²) in [6.07, 6.45) is 0.836. The van der Waals surface area contributed by atoms with Crippen LogP contribution in [-0.4, -0.2) is 33.9 Å². The van der Waals surface area contributed by atoms with Gasteiger partial charge in [0.15, 0.2) is 5.16 Å². The topological polar surface area (TPSA) is 73.2 Å². The molecule has 1 amide bonds. The molecule has 3 rings (SSSR count). The number of halogens is 1. The van der Waals surface area contributed by atoms with E-state index in [-0.39, 0.29) is 23.3 Å². The van der Waals surface area contributed by atoms with Crippen molar-refractivity contribution in [1.82, 2.24) is 9.55 Å². The second-order valence-electron chi connectivity index (χ2n) is 6.99. The molecule has 0 atom stereocenters. The van der Waals surface area contributed by atoms with Crippen LogP contribution in [0.2, 0.25) is 0 Å². The maximum Gasteiger partial charge on any atom is 0.262 e. The standard InChI is InChI=1S/C22H24BrN3O3S/c1-15(2)29-12-6-11-26-21(28)18-9-3-4-10-19(18)25-22(26)30-14-20(27)24-17-8-5-7-16(23)13-17/h3-5,7-10,13,15H,6,11-12,14H2,1-2H3,(H,24,27). The lowest BCUT2D eigenvalue weighted by atomic mass is 10.2. The van der Waals surface area contributed by atoms with Crippen molar-refractivity contribution in [3.8, 4) is 0 Å². The summed E-state index contributed by atoms with van der Waals surface area (Å²) >= 11 is 4.65. The quantitative estimate of drug-likeness (QED) is 0.267. The van der Waals surface area contributed by atoms with Gasteiger partial charge in [-0.2, -0.15) is 0 Å². The summed E-state index contributed by atoms with van der Waals surface area (Å²) in [6, 6.07) is 14.7. The summed E-state index contributed by atoms with van der Waals surface area (Å²) in [5.41, 5.74) is 1.25. The highest BCUT2D eigenvalue weighted by Crippen LogP contribution is 2.20. The highest BCUT2D eigenvalue weighted by Gasteiger charge is 2.13. The molecule has 1 N–H and O–H groups in total. The molecule has 0 aliphatic heterocycles. The minimum atomic E-state index is -0.157. The molecule has 1 aromatic heterocycles. The van der Waals surface area contributed by atoms with E-state index in [9.17, 15) is 9.59 Å². The molecule has 0 unspecified atom stereocenters. The van der Waals surface area contributed by atoms with Crippen molar-refractivity contribution in [3.63, 3.8) is 0 Å². The maximum absolute atomic E-state index is 13.0. The Morgan fingerprint density at radius 3 is 2.80 bits per heavy atom. The molecular formula is C22H24BrN3O3S. The molecule has 0 radical (unpaired) electrons. The zero-order chi connectivity index (χ0) is 21.5. The van der Waals surface area contributed by atoms with Gasteiger partial charge in [0.05, 0.1) is 22.8 Å². The third-order valence-corrected chi connectivity index (χ3v) is 5.71. The minimum absolute atomic E-state index is 0.0972. The fraction of sp³-hybridized carbons (Fsp3) is 0.318. The number of ether oxygens (including phenoxy) is 1. The van der Waals surface area contributed by atoms with E-state index >= 15 is 0 Å². The molecule has 8 heteroatoms. The number of fused-ring (bicyclic) bond motifs is 1. The van der Waals surface area contributed by atoms with Crippen molar-refractivity contribution < 1.29 is 9.53 Å². The monoisotopic (exact) mass is 489 g/mol. The molecule has 0 bridgehead atoms. The molecular weight excluding hydrogens is 466 g/mol. The van der Waals surface area contributed by atoms with Crippen molar-refractivity contribution in [1.29, 1.82) is 0 Å². The number of nitrogens with zero attached hydrogens (tertiary/aromatic N) is 2. The van der Waals surface area contributed by atoms with Gasteiger partial charge in [0.2, 0.25) is 5.91 Å². The number of para-hydroxylation sites is 1. The molecule has 158 valence electrons. The average Bonchev–Trinajstić information content (AvgIpc) is 2.71. The molecule has 0 aliphatic carbocycles. The van der Waals surface area contributed by atoms with E-state index in [1.807, 2.05) is 56.3 Å². The number of hydrogen-bond acceptors (Lipinski definition) is 5. The SMILES string of the molecule is CC(C)OCCCn1c(SCC(=O)Nc2cccc(Br)c2)nc2ccccc2c1=O.